The fraction of sp³-hybridized carbons (Fsp3) is 0.300. The van der Waals surface area contributed by atoms with Crippen molar-refractivity contribution in [1.29, 1.82) is 0 Å². The van der Waals surface area contributed by atoms with Crippen molar-refractivity contribution in [3.05, 3.63) is 48.2 Å². The molecule has 3 aromatic rings. The molecule has 1 N–H and O–H groups in total. The van der Waals surface area contributed by atoms with Crippen LogP contribution in [-0.4, -0.2) is 42.0 Å². The predicted molar refractivity (Wildman–Crippen MR) is 109 cm³/mol. The van der Waals surface area contributed by atoms with Crippen LogP contribution in [0.2, 0.25) is 0 Å². The Morgan fingerprint density at radius 2 is 2.11 bits per heavy atom. The molecule has 144 valence electrons. The summed E-state index contributed by atoms with van der Waals surface area (Å²) in [5, 5.41) is 3.79. The molecule has 1 amide bonds. The lowest BCUT2D eigenvalue weighted by Crippen LogP contribution is -2.40. The molecule has 0 radical (unpaired) electrons. The average molecular weight is 396 g/mol. The third kappa shape index (κ3) is 3.68. The van der Waals surface area contributed by atoms with Gasteiger partial charge in [0.1, 0.15) is 10.3 Å². The van der Waals surface area contributed by atoms with E-state index in [-0.39, 0.29) is 11.8 Å². The molecule has 1 aromatic carbocycles. The molecule has 0 aliphatic carbocycles. The number of thiazole rings is 1. The maximum Gasteiger partial charge on any atom is 0.339 e. The van der Waals surface area contributed by atoms with Crippen LogP contribution in [0.5, 0.6) is 0 Å². The van der Waals surface area contributed by atoms with Crippen LogP contribution in [0.4, 0.5) is 10.8 Å². The topological polar surface area (TPSA) is 84.4 Å². The average Bonchev–Trinajstić information content (AvgIpc) is 3.18. The molecule has 0 spiro atoms. The van der Waals surface area contributed by atoms with Gasteiger partial charge < -0.3 is 15.0 Å². The summed E-state index contributed by atoms with van der Waals surface area (Å²) in [4.78, 5) is 36.8. The fourth-order valence-electron chi connectivity index (χ4n) is 3.37. The summed E-state index contributed by atoms with van der Waals surface area (Å²) in [6.45, 7) is 1.45. The molecule has 3 heterocycles. The molecule has 0 bridgehead atoms. The van der Waals surface area contributed by atoms with Crippen LogP contribution in [0.3, 0.4) is 0 Å². The van der Waals surface area contributed by atoms with Crippen LogP contribution in [0.15, 0.2) is 42.6 Å². The van der Waals surface area contributed by atoms with Crippen molar-refractivity contribution in [2.45, 2.75) is 12.8 Å². The lowest BCUT2D eigenvalue weighted by atomic mass is 9.97. The lowest BCUT2D eigenvalue weighted by molar-refractivity contribution is -0.120. The Bertz CT molecular complexity index is 986. The Hall–Kier alpha value is -3.00. The fourth-order valence-corrected chi connectivity index (χ4v) is 4.32. The number of hydrogen-bond donors (Lipinski definition) is 1. The molecule has 28 heavy (non-hydrogen) atoms. The summed E-state index contributed by atoms with van der Waals surface area (Å²) in [5.74, 6) is -0.747. The number of carbonyl (C=O) groups is 2. The highest BCUT2D eigenvalue weighted by Crippen LogP contribution is 2.31. The van der Waals surface area contributed by atoms with Crippen LogP contribution in [0, 0.1) is 5.92 Å². The zero-order valence-electron chi connectivity index (χ0n) is 15.4. The van der Waals surface area contributed by atoms with E-state index < -0.39 is 5.97 Å². The number of ether oxygens (including phenoxy) is 1. The van der Waals surface area contributed by atoms with Gasteiger partial charge in [-0.15, -0.1) is 0 Å². The number of nitrogens with one attached hydrogen (secondary N) is 1. The molecule has 0 unspecified atom stereocenters. The molecular formula is C20H20N4O3S. The van der Waals surface area contributed by atoms with E-state index in [2.05, 4.69) is 20.2 Å². The second-order valence-corrected chi connectivity index (χ2v) is 7.59. The first kappa shape index (κ1) is 18.4. The van der Waals surface area contributed by atoms with Crippen LogP contribution >= 0.6 is 11.3 Å². The zero-order valence-corrected chi connectivity index (χ0v) is 16.2. The van der Waals surface area contributed by atoms with E-state index in [9.17, 15) is 9.59 Å². The standard InChI is InChI=1S/C20H20N4O3S/c1-27-19(26)14-7-2-3-8-15(14)22-17(25)13-6-5-11-24(12-13)20-23-16-9-4-10-21-18(16)28-20/h2-4,7-10,13H,5-6,11-12H2,1H3,(H,22,25)/t13-/m1/s1. The van der Waals surface area contributed by atoms with Crippen molar-refractivity contribution in [3.63, 3.8) is 0 Å². The Morgan fingerprint density at radius 3 is 2.93 bits per heavy atom. The Labute approximate surface area is 166 Å². The number of para-hydroxylation sites is 1. The van der Waals surface area contributed by atoms with Gasteiger partial charge in [-0.25, -0.2) is 14.8 Å². The number of hydrogen-bond acceptors (Lipinski definition) is 7. The van der Waals surface area contributed by atoms with E-state index in [1.54, 1.807) is 41.8 Å². The number of rotatable bonds is 4. The van der Waals surface area contributed by atoms with E-state index >= 15 is 0 Å². The summed E-state index contributed by atoms with van der Waals surface area (Å²) >= 11 is 1.54. The zero-order chi connectivity index (χ0) is 19.5. The second-order valence-electron chi connectivity index (χ2n) is 6.64. The first-order valence-corrected chi connectivity index (χ1v) is 9.92. The van der Waals surface area contributed by atoms with E-state index in [4.69, 9.17) is 4.74 Å². The van der Waals surface area contributed by atoms with Crippen molar-refractivity contribution in [1.82, 2.24) is 9.97 Å². The van der Waals surface area contributed by atoms with Crippen molar-refractivity contribution < 1.29 is 14.3 Å². The second kappa shape index (κ2) is 7.93. The van der Waals surface area contributed by atoms with Crippen LogP contribution < -0.4 is 10.2 Å². The van der Waals surface area contributed by atoms with Gasteiger partial charge in [0.2, 0.25) is 5.91 Å². The van der Waals surface area contributed by atoms with Crippen LogP contribution in [0.1, 0.15) is 23.2 Å². The van der Waals surface area contributed by atoms with E-state index in [1.807, 2.05) is 12.1 Å². The van der Waals surface area contributed by atoms with Gasteiger partial charge in [-0.2, -0.15) is 0 Å². The lowest BCUT2D eigenvalue weighted by Gasteiger charge is -2.31. The van der Waals surface area contributed by atoms with Gasteiger partial charge in [-0.1, -0.05) is 23.5 Å². The number of piperidine rings is 1. The van der Waals surface area contributed by atoms with Gasteiger partial charge in [0, 0.05) is 19.3 Å². The van der Waals surface area contributed by atoms with E-state index in [1.165, 1.54) is 7.11 Å². The summed E-state index contributed by atoms with van der Waals surface area (Å²) < 4.78 is 4.80. The first-order chi connectivity index (χ1) is 13.7. The Balaban J connectivity index is 1.49. The quantitative estimate of drug-likeness (QED) is 0.681. The maximum absolute atomic E-state index is 12.9. The molecule has 4 rings (SSSR count). The molecule has 0 saturated carbocycles. The van der Waals surface area contributed by atoms with Gasteiger partial charge in [0.15, 0.2) is 5.13 Å². The molecule has 8 heteroatoms. The van der Waals surface area contributed by atoms with Gasteiger partial charge >= 0.3 is 5.97 Å². The SMILES string of the molecule is COC(=O)c1ccccc1NC(=O)[C@@H]1CCCN(c2nc3cccnc3s2)C1. The minimum absolute atomic E-state index is 0.0970. The van der Waals surface area contributed by atoms with Gasteiger partial charge in [-0.05, 0) is 37.1 Å². The summed E-state index contributed by atoms with van der Waals surface area (Å²) in [5.41, 5.74) is 1.70. The number of amides is 1. The summed E-state index contributed by atoms with van der Waals surface area (Å²) in [6, 6.07) is 10.7. The van der Waals surface area contributed by atoms with Gasteiger partial charge in [0.25, 0.3) is 0 Å². The number of nitrogens with zero attached hydrogens (tertiary/aromatic N) is 3. The number of anilines is 2. The highest BCUT2D eigenvalue weighted by Gasteiger charge is 2.28. The number of methoxy groups -OCH3 is 1. The van der Waals surface area contributed by atoms with Crippen molar-refractivity contribution in [3.8, 4) is 0 Å². The third-order valence-corrected chi connectivity index (χ3v) is 5.85. The Morgan fingerprint density at radius 1 is 1.25 bits per heavy atom. The molecule has 1 aliphatic heterocycles. The van der Waals surface area contributed by atoms with E-state index in [0.29, 0.717) is 17.8 Å². The van der Waals surface area contributed by atoms with Crippen LogP contribution in [-0.2, 0) is 9.53 Å². The number of pyridine rings is 1. The minimum atomic E-state index is -0.469. The van der Waals surface area contributed by atoms with Crippen molar-refractivity contribution >= 4 is 44.4 Å². The van der Waals surface area contributed by atoms with Crippen molar-refractivity contribution in [2.75, 3.05) is 30.4 Å². The number of carbonyl (C=O) groups excluding carboxylic acids is 2. The smallest absolute Gasteiger partial charge is 0.339 e. The summed E-state index contributed by atoms with van der Waals surface area (Å²) in [6.07, 6.45) is 3.46. The maximum atomic E-state index is 12.9. The summed E-state index contributed by atoms with van der Waals surface area (Å²) in [7, 11) is 1.33. The minimum Gasteiger partial charge on any atom is -0.465 e. The molecular weight excluding hydrogens is 376 g/mol. The van der Waals surface area contributed by atoms with Gasteiger partial charge in [-0.3, -0.25) is 4.79 Å². The monoisotopic (exact) mass is 396 g/mol. The van der Waals surface area contributed by atoms with Crippen molar-refractivity contribution in [2.24, 2.45) is 5.92 Å². The number of fused-ring (bicyclic) bond motifs is 1. The molecule has 1 atom stereocenters. The van der Waals surface area contributed by atoms with E-state index in [0.717, 1.165) is 34.9 Å². The highest BCUT2D eigenvalue weighted by molar-refractivity contribution is 7.21. The van der Waals surface area contributed by atoms with Gasteiger partial charge in [0.05, 0.1) is 24.3 Å². The third-order valence-electron chi connectivity index (χ3n) is 4.81. The molecule has 1 fully saturated rings. The Kier molecular flexibility index (Phi) is 5.21. The first-order valence-electron chi connectivity index (χ1n) is 9.10. The molecule has 2 aromatic heterocycles. The number of aromatic nitrogens is 2. The highest BCUT2D eigenvalue weighted by atomic mass is 32.1. The molecule has 1 aliphatic rings. The molecule has 7 nitrogen and oxygen atoms in total. The molecule has 1 saturated heterocycles. The van der Waals surface area contributed by atoms with Crippen LogP contribution in [0.25, 0.3) is 10.3 Å². The largest absolute Gasteiger partial charge is 0.465 e. The normalized spacial score (nSPS) is 16.8. The number of esters is 1. The number of benzene rings is 1. The predicted octanol–water partition coefficient (Wildman–Crippen LogP) is 3.33.